The number of benzene rings is 4. The number of nitrogens with one attached hydrogen (secondary N) is 2. The molecule has 6 heteroatoms. The summed E-state index contributed by atoms with van der Waals surface area (Å²) in [5.41, 5.74) is 7.81. The standard InChI is InChI=1S/C37H36N2O4/c1-41-28-21-34(42-2)32(35(22-28)43-3)23-38-37(40)27-19-30(36-31(20-27)29-11-7-8-12-33(29)39-36)26-17-15-25(16-18-26)14-13-24-9-5-4-6-10-24/h4-18,21-22,27,30,39H,19-20,23H2,1-3H3,(H,38,40)/b14-13+/t27-,30-/m1/s1. The molecule has 0 unspecified atom stereocenters. The topological polar surface area (TPSA) is 72.6 Å². The number of carbonyl (C=O) groups excluding carboxylic acids is 1. The van der Waals surface area contributed by atoms with E-state index in [0.717, 1.165) is 16.6 Å². The summed E-state index contributed by atoms with van der Waals surface area (Å²) in [6, 6.07) is 31.0. The number of aromatic nitrogens is 1. The average Bonchev–Trinajstić information content (AvgIpc) is 3.45. The zero-order chi connectivity index (χ0) is 29.8. The van der Waals surface area contributed by atoms with Crippen molar-refractivity contribution in [1.29, 1.82) is 0 Å². The van der Waals surface area contributed by atoms with Crippen LogP contribution in [0.3, 0.4) is 0 Å². The molecule has 218 valence electrons. The van der Waals surface area contributed by atoms with Crippen LogP contribution in [0.1, 0.15) is 45.8 Å². The van der Waals surface area contributed by atoms with Crippen LogP contribution < -0.4 is 19.5 Å². The first-order chi connectivity index (χ1) is 21.1. The van der Waals surface area contributed by atoms with E-state index >= 15 is 0 Å². The molecule has 4 aromatic carbocycles. The second-order valence-electron chi connectivity index (χ2n) is 10.9. The molecule has 6 nitrogen and oxygen atoms in total. The van der Waals surface area contributed by atoms with E-state index in [1.807, 2.05) is 24.3 Å². The van der Waals surface area contributed by atoms with Crippen LogP contribution >= 0.6 is 0 Å². The van der Waals surface area contributed by atoms with Gasteiger partial charge in [0, 0.05) is 40.6 Å². The summed E-state index contributed by atoms with van der Waals surface area (Å²) in [6.07, 6.45) is 5.64. The third kappa shape index (κ3) is 5.86. The number of para-hydroxylation sites is 1. The molecule has 1 aromatic heterocycles. The van der Waals surface area contributed by atoms with E-state index in [1.54, 1.807) is 33.5 Å². The van der Waals surface area contributed by atoms with E-state index in [1.165, 1.54) is 27.8 Å². The van der Waals surface area contributed by atoms with Crippen molar-refractivity contribution in [3.8, 4) is 17.2 Å². The van der Waals surface area contributed by atoms with Crippen LogP contribution in [0.2, 0.25) is 0 Å². The molecule has 0 fully saturated rings. The van der Waals surface area contributed by atoms with Gasteiger partial charge in [0.2, 0.25) is 5.91 Å². The molecule has 0 spiro atoms. The van der Waals surface area contributed by atoms with Gasteiger partial charge in [-0.2, -0.15) is 0 Å². The van der Waals surface area contributed by atoms with Crippen molar-refractivity contribution in [1.82, 2.24) is 10.3 Å². The highest BCUT2D eigenvalue weighted by Gasteiger charge is 2.34. The van der Waals surface area contributed by atoms with Crippen molar-refractivity contribution >= 4 is 29.0 Å². The molecule has 0 aliphatic heterocycles. The molecule has 2 N–H and O–H groups in total. The van der Waals surface area contributed by atoms with E-state index in [9.17, 15) is 4.79 Å². The highest BCUT2D eigenvalue weighted by Crippen LogP contribution is 2.42. The molecule has 1 aliphatic carbocycles. The number of methoxy groups -OCH3 is 3. The molecule has 1 amide bonds. The maximum atomic E-state index is 13.8. The van der Waals surface area contributed by atoms with Crippen LogP contribution in [-0.4, -0.2) is 32.2 Å². The number of rotatable bonds is 9. The predicted octanol–water partition coefficient (Wildman–Crippen LogP) is 7.37. The number of carbonyl (C=O) groups is 1. The molecule has 6 rings (SSSR count). The van der Waals surface area contributed by atoms with Crippen LogP contribution in [0.4, 0.5) is 0 Å². The summed E-state index contributed by atoms with van der Waals surface area (Å²) in [5, 5.41) is 4.36. The first kappa shape index (κ1) is 28.2. The Morgan fingerprint density at radius 2 is 1.49 bits per heavy atom. The Bertz CT molecular complexity index is 1730. The largest absolute Gasteiger partial charge is 0.496 e. The molecular weight excluding hydrogens is 536 g/mol. The number of amides is 1. The maximum absolute atomic E-state index is 13.8. The molecule has 0 bridgehead atoms. The predicted molar refractivity (Wildman–Crippen MR) is 172 cm³/mol. The van der Waals surface area contributed by atoms with Gasteiger partial charge >= 0.3 is 0 Å². The fourth-order valence-corrected chi connectivity index (χ4v) is 6.14. The first-order valence-electron chi connectivity index (χ1n) is 14.6. The minimum Gasteiger partial charge on any atom is -0.496 e. The van der Waals surface area contributed by atoms with E-state index < -0.39 is 0 Å². The number of hydrogen-bond acceptors (Lipinski definition) is 4. The van der Waals surface area contributed by atoms with Gasteiger partial charge < -0.3 is 24.5 Å². The molecule has 0 saturated carbocycles. The van der Waals surface area contributed by atoms with Gasteiger partial charge in [-0.3, -0.25) is 4.79 Å². The van der Waals surface area contributed by atoms with E-state index in [0.29, 0.717) is 36.6 Å². The van der Waals surface area contributed by atoms with E-state index in [-0.39, 0.29) is 17.7 Å². The Hall–Kier alpha value is -4.97. The number of aromatic amines is 1. The van der Waals surface area contributed by atoms with Crippen LogP contribution in [0.25, 0.3) is 23.1 Å². The highest BCUT2D eigenvalue weighted by atomic mass is 16.5. The van der Waals surface area contributed by atoms with Crippen LogP contribution in [0.15, 0.2) is 91.0 Å². The fourth-order valence-electron chi connectivity index (χ4n) is 6.14. The lowest BCUT2D eigenvalue weighted by molar-refractivity contribution is -0.125. The first-order valence-corrected chi connectivity index (χ1v) is 14.6. The summed E-state index contributed by atoms with van der Waals surface area (Å²) in [6.45, 7) is 0.291. The monoisotopic (exact) mass is 572 g/mol. The summed E-state index contributed by atoms with van der Waals surface area (Å²) in [5.74, 6) is 1.75. The molecule has 43 heavy (non-hydrogen) atoms. The second-order valence-corrected chi connectivity index (χ2v) is 10.9. The molecular formula is C37H36N2O4. The van der Waals surface area contributed by atoms with Gasteiger partial charge in [0.05, 0.1) is 33.4 Å². The van der Waals surface area contributed by atoms with Gasteiger partial charge in [0.1, 0.15) is 17.2 Å². The summed E-state index contributed by atoms with van der Waals surface area (Å²) in [4.78, 5) is 17.5. The minimum absolute atomic E-state index is 0.0169. The van der Waals surface area contributed by atoms with Gasteiger partial charge in [0.15, 0.2) is 0 Å². The van der Waals surface area contributed by atoms with Gasteiger partial charge in [0.25, 0.3) is 0 Å². The zero-order valence-electron chi connectivity index (χ0n) is 24.7. The molecule has 0 radical (unpaired) electrons. The van der Waals surface area contributed by atoms with Gasteiger partial charge in [-0.05, 0) is 41.2 Å². The van der Waals surface area contributed by atoms with Crippen molar-refractivity contribution in [2.24, 2.45) is 5.92 Å². The van der Waals surface area contributed by atoms with Gasteiger partial charge in [-0.15, -0.1) is 0 Å². The van der Waals surface area contributed by atoms with Crippen molar-refractivity contribution in [3.63, 3.8) is 0 Å². The maximum Gasteiger partial charge on any atom is 0.223 e. The Labute approximate surface area is 252 Å². The van der Waals surface area contributed by atoms with Crippen molar-refractivity contribution in [3.05, 3.63) is 125 Å². The third-order valence-electron chi connectivity index (χ3n) is 8.40. The van der Waals surface area contributed by atoms with Gasteiger partial charge in [-0.1, -0.05) is 84.9 Å². The lowest BCUT2D eigenvalue weighted by atomic mass is 9.76. The van der Waals surface area contributed by atoms with Crippen LogP contribution in [0.5, 0.6) is 17.2 Å². The van der Waals surface area contributed by atoms with Crippen LogP contribution in [0, 0.1) is 5.92 Å². The number of H-pyrrole nitrogens is 1. The average molecular weight is 573 g/mol. The van der Waals surface area contributed by atoms with E-state index in [2.05, 4.69) is 77.1 Å². The Balaban J connectivity index is 1.26. The Morgan fingerprint density at radius 3 is 2.16 bits per heavy atom. The zero-order valence-corrected chi connectivity index (χ0v) is 24.7. The smallest absolute Gasteiger partial charge is 0.223 e. The summed E-state index contributed by atoms with van der Waals surface area (Å²) >= 11 is 0. The van der Waals surface area contributed by atoms with Crippen molar-refractivity contribution in [2.75, 3.05) is 21.3 Å². The normalized spacial score (nSPS) is 16.2. The minimum atomic E-state index is -0.190. The lowest BCUT2D eigenvalue weighted by Gasteiger charge is -2.29. The van der Waals surface area contributed by atoms with Gasteiger partial charge in [-0.25, -0.2) is 0 Å². The number of hydrogen-bond donors (Lipinski definition) is 2. The fraction of sp³-hybridized carbons (Fsp3) is 0.216. The Morgan fingerprint density at radius 1 is 0.837 bits per heavy atom. The SMILES string of the molecule is COc1cc(OC)c(CNC(=O)[C@H]2Cc3c([nH]c4ccccc34)[C@@H](c3ccc(/C=C/c4ccccc4)cc3)C2)c(OC)c1. The molecule has 0 saturated heterocycles. The molecule has 1 heterocycles. The molecule has 1 aliphatic rings. The Kier molecular flexibility index (Phi) is 8.18. The number of fused-ring (bicyclic) bond motifs is 3. The van der Waals surface area contributed by atoms with E-state index in [4.69, 9.17) is 14.2 Å². The number of ether oxygens (including phenoxy) is 3. The van der Waals surface area contributed by atoms with Crippen LogP contribution in [-0.2, 0) is 17.8 Å². The quantitative estimate of drug-likeness (QED) is 0.181. The lowest BCUT2D eigenvalue weighted by Crippen LogP contribution is -2.35. The third-order valence-corrected chi connectivity index (χ3v) is 8.40. The summed E-state index contributed by atoms with van der Waals surface area (Å²) < 4.78 is 16.6. The summed E-state index contributed by atoms with van der Waals surface area (Å²) in [7, 11) is 4.81. The second kappa shape index (κ2) is 12.5. The van der Waals surface area contributed by atoms with Crippen molar-refractivity contribution in [2.45, 2.75) is 25.3 Å². The van der Waals surface area contributed by atoms with Crippen molar-refractivity contribution < 1.29 is 19.0 Å². The molecule has 5 aromatic rings. The molecule has 2 atom stereocenters. The highest BCUT2D eigenvalue weighted by molar-refractivity contribution is 5.87.